The minimum absolute atomic E-state index is 0.438. The van der Waals surface area contributed by atoms with Crippen molar-refractivity contribution < 1.29 is 14.3 Å². The second-order valence-electron chi connectivity index (χ2n) is 4.85. The van der Waals surface area contributed by atoms with E-state index in [1.165, 1.54) is 12.8 Å². The predicted octanol–water partition coefficient (Wildman–Crippen LogP) is 3.75. The normalized spacial score (nSPS) is 10.8. The number of hydrogen-bond donors (Lipinski definition) is 0. The Bertz CT molecular complexity index is 163. The van der Waals surface area contributed by atoms with E-state index >= 15 is 0 Å². The molecule has 3 heteroatoms. The molecular formula is C15H30O3. The number of carbonyl (C=O) groups is 1. The van der Waals surface area contributed by atoms with Crippen LogP contribution in [0.3, 0.4) is 0 Å². The van der Waals surface area contributed by atoms with Crippen molar-refractivity contribution in [1.29, 1.82) is 0 Å². The second-order valence-corrected chi connectivity index (χ2v) is 4.85. The monoisotopic (exact) mass is 258 g/mol. The molecule has 0 rings (SSSR count). The summed E-state index contributed by atoms with van der Waals surface area (Å²) < 4.78 is 9.97. The van der Waals surface area contributed by atoms with Gasteiger partial charge in [0.05, 0.1) is 0 Å². The zero-order chi connectivity index (χ0) is 13.5. The summed E-state index contributed by atoms with van der Waals surface area (Å²) in [5.41, 5.74) is 0. The number of Topliss-reactive ketones (excluding diaryl/α,β-unsaturated/α-hetero) is 1. The van der Waals surface area contributed by atoms with Crippen LogP contribution in [0.5, 0.6) is 0 Å². The van der Waals surface area contributed by atoms with Gasteiger partial charge in [0.2, 0.25) is 0 Å². The third-order valence-electron chi connectivity index (χ3n) is 3.11. The molecule has 3 nitrogen and oxygen atoms in total. The highest BCUT2D eigenvalue weighted by Gasteiger charge is 2.01. The van der Waals surface area contributed by atoms with E-state index in [2.05, 4.69) is 0 Å². The Morgan fingerprint density at radius 2 is 1.06 bits per heavy atom. The Hall–Kier alpha value is -0.410. The van der Waals surface area contributed by atoms with E-state index in [1.54, 1.807) is 14.2 Å². The Morgan fingerprint density at radius 3 is 1.44 bits per heavy atom. The molecule has 0 aromatic heterocycles. The summed E-state index contributed by atoms with van der Waals surface area (Å²) in [7, 11) is 3.46. The van der Waals surface area contributed by atoms with Crippen molar-refractivity contribution in [2.45, 2.75) is 64.2 Å². The summed E-state index contributed by atoms with van der Waals surface area (Å²) in [6, 6.07) is 0. The molecule has 0 spiro atoms. The summed E-state index contributed by atoms with van der Waals surface area (Å²) in [5, 5.41) is 0. The van der Waals surface area contributed by atoms with Gasteiger partial charge in [0.25, 0.3) is 0 Å². The van der Waals surface area contributed by atoms with Crippen LogP contribution in [0.1, 0.15) is 64.2 Å². The SMILES string of the molecule is COCCCCCCC(=O)CCCCCCOC. The minimum Gasteiger partial charge on any atom is -0.385 e. The number of ketones is 1. The lowest BCUT2D eigenvalue weighted by Crippen LogP contribution is -1.98. The maximum absolute atomic E-state index is 11.6. The first-order valence-electron chi connectivity index (χ1n) is 7.31. The van der Waals surface area contributed by atoms with Crippen LogP contribution in [0, 0.1) is 0 Å². The number of hydrogen-bond acceptors (Lipinski definition) is 3. The fourth-order valence-electron chi connectivity index (χ4n) is 1.97. The minimum atomic E-state index is 0.438. The Kier molecular flexibility index (Phi) is 14.3. The first-order chi connectivity index (χ1) is 8.81. The van der Waals surface area contributed by atoms with Crippen LogP contribution in [0.15, 0.2) is 0 Å². The topological polar surface area (TPSA) is 35.5 Å². The smallest absolute Gasteiger partial charge is 0.132 e. The molecule has 0 aromatic rings. The second kappa shape index (κ2) is 14.7. The number of carbonyl (C=O) groups excluding carboxylic acids is 1. The third-order valence-corrected chi connectivity index (χ3v) is 3.11. The highest BCUT2D eigenvalue weighted by atomic mass is 16.5. The summed E-state index contributed by atoms with van der Waals surface area (Å²) in [6.45, 7) is 1.69. The quantitative estimate of drug-likeness (QED) is 0.445. The molecule has 0 aromatic carbocycles. The molecule has 0 aliphatic carbocycles. The van der Waals surface area contributed by atoms with Gasteiger partial charge in [-0.3, -0.25) is 4.79 Å². The zero-order valence-electron chi connectivity index (χ0n) is 12.2. The lowest BCUT2D eigenvalue weighted by molar-refractivity contribution is -0.119. The van der Waals surface area contributed by atoms with Crippen molar-refractivity contribution in [3.05, 3.63) is 0 Å². The first kappa shape index (κ1) is 17.6. The van der Waals surface area contributed by atoms with Crippen LogP contribution in [0.2, 0.25) is 0 Å². The van der Waals surface area contributed by atoms with Gasteiger partial charge in [0, 0.05) is 40.3 Å². The molecule has 0 bridgehead atoms. The van der Waals surface area contributed by atoms with Crippen LogP contribution in [-0.4, -0.2) is 33.2 Å². The molecule has 0 saturated heterocycles. The largest absolute Gasteiger partial charge is 0.385 e. The Labute approximate surface area is 112 Å². The fraction of sp³-hybridized carbons (Fsp3) is 0.933. The zero-order valence-corrected chi connectivity index (χ0v) is 12.2. The van der Waals surface area contributed by atoms with Crippen molar-refractivity contribution in [1.82, 2.24) is 0 Å². The fourth-order valence-corrected chi connectivity index (χ4v) is 1.97. The Morgan fingerprint density at radius 1 is 0.667 bits per heavy atom. The molecule has 0 radical (unpaired) electrons. The lowest BCUT2D eigenvalue weighted by atomic mass is 10.0. The predicted molar refractivity (Wildman–Crippen MR) is 74.9 cm³/mol. The Balaban J connectivity index is 3.12. The number of ether oxygens (including phenoxy) is 2. The van der Waals surface area contributed by atoms with Crippen LogP contribution in [0.4, 0.5) is 0 Å². The summed E-state index contributed by atoms with van der Waals surface area (Å²) in [6.07, 6.45) is 10.5. The van der Waals surface area contributed by atoms with Gasteiger partial charge in [-0.2, -0.15) is 0 Å². The summed E-state index contributed by atoms with van der Waals surface area (Å²) in [4.78, 5) is 11.6. The molecule has 0 N–H and O–H groups in total. The third kappa shape index (κ3) is 13.7. The maximum Gasteiger partial charge on any atom is 0.132 e. The molecule has 0 saturated carbocycles. The average Bonchev–Trinajstić information content (AvgIpc) is 2.38. The van der Waals surface area contributed by atoms with Crippen LogP contribution in [0.25, 0.3) is 0 Å². The van der Waals surface area contributed by atoms with Gasteiger partial charge in [-0.05, 0) is 25.7 Å². The van der Waals surface area contributed by atoms with E-state index in [4.69, 9.17) is 9.47 Å². The maximum atomic E-state index is 11.6. The molecule has 0 aliphatic heterocycles. The van der Waals surface area contributed by atoms with Gasteiger partial charge in [0.1, 0.15) is 5.78 Å². The number of methoxy groups -OCH3 is 2. The van der Waals surface area contributed by atoms with E-state index in [-0.39, 0.29) is 0 Å². The van der Waals surface area contributed by atoms with Crippen molar-refractivity contribution in [2.75, 3.05) is 27.4 Å². The highest BCUT2D eigenvalue weighted by Crippen LogP contribution is 2.09. The van der Waals surface area contributed by atoms with Gasteiger partial charge >= 0.3 is 0 Å². The molecule has 18 heavy (non-hydrogen) atoms. The molecule has 0 heterocycles. The van der Waals surface area contributed by atoms with Crippen molar-refractivity contribution in [3.63, 3.8) is 0 Å². The van der Waals surface area contributed by atoms with Crippen molar-refractivity contribution >= 4 is 5.78 Å². The number of rotatable bonds is 14. The highest BCUT2D eigenvalue weighted by molar-refractivity contribution is 5.78. The van der Waals surface area contributed by atoms with Gasteiger partial charge in [-0.1, -0.05) is 25.7 Å². The molecule has 0 amide bonds. The van der Waals surface area contributed by atoms with Crippen LogP contribution >= 0.6 is 0 Å². The van der Waals surface area contributed by atoms with E-state index in [1.807, 2.05) is 0 Å². The standard InChI is InChI=1S/C15H30O3/c1-17-13-9-5-3-7-11-15(16)12-8-4-6-10-14-18-2/h3-14H2,1-2H3. The lowest BCUT2D eigenvalue weighted by Gasteiger charge is -2.02. The van der Waals surface area contributed by atoms with Crippen LogP contribution < -0.4 is 0 Å². The molecule has 0 fully saturated rings. The molecular weight excluding hydrogens is 228 g/mol. The van der Waals surface area contributed by atoms with Gasteiger partial charge < -0.3 is 9.47 Å². The molecule has 108 valence electrons. The summed E-state index contributed by atoms with van der Waals surface area (Å²) >= 11 is 0. The molecule has 0 aliphatic rings. The van der Waals surface area contributed by atoms with Gasteiger partial charge in [-0.25, -0.2) is 0 Å². The van der Waals surface area contributed by atoms with E-state index in [0.29, 0.717) is 5.78 Å². The van der Waals surface area contributed by atoms with E-state index in [9.17, 15) is 4.79 Å². The molecule has 0 atom stereocenters. The van der Waals surface area contributed by atoms with E-state index in [0.717, 1.165) is 64.6 Å². The van der Waals surface area contributed by atoms with Gasteiger partial charge in [-0.15, -0.1) is 0 Å². The summed E-state index contributed by atoms with van der Waals surface area (Å²) in [5.74, 6) is 0.438. The van der Waals surface area contributed by atoms with Gasteiger partial charge in [0.15, 0.2) is 0 Å². The van der Waals surface area contributed by atoms with Crippen molar-refractivity contribution in [2.24, 2.45) is 0 Å². The average molecular weight is 258 g/mol. The number of unbranched alkanes of at least 4 members (excludes halogenated alkanes) is 6. The van der Waals surface area contributed by atoms with E-state index < -0.39 is 0 Å². The molecule has 0 unspecified atom stereocenters. The van der Waals surface area contributed by atoms with Crippen molar-refractivity contribution in [3.8, 4) is 0 Å². The first-order valence-corrected chi connectivity index (χ1v) is 7.31. The van der Waals surface area contributed by atoms with Crippen LogP contribution in [-0.2, 0) is 14.3 Å².